The van der Waals surface area contributed by atoms with Gasteiger partial charge < -0.3 is 131 Å². The topological polar surface area (TPSA) is 666 Å². The van der Waals surface area contributed by atoms with Gasteiger partial charge >= 0.3 is 0 Å². The molecule has 726 valence electrons. The summed E-state index contributed by atoms with van der Waals surface area (Å²) in [5.41, 5.74) is 19.0. The normalized spacial score (nSPS) is 24.9. The van der Waals surface area contributed by atoms with Crippen LogP contribution in [-0.2, 0) is 107 Å². The van der Waals surface area contributed by atoms with Gasteiger partial charge in [-0.25, -0.2) is 4.98 Å². The molecule has 24 N–H and O–H groups in total. The number of para-hydroxylation sites is 1. The first kappa shape index (κ1) is 104. The number of carbonyl (C=O) groups excluding carboxylic acids is 17. The predicted molar refractivity (Wildman–Crippen MR) is 491 cm³/mol. The summed E-state index contributed by atoms with van der Waals surface area (Å²) in [4.78, 5) is 264. The van der Waals surface area contributed by atoms with E-state index in [1.807, 2.05) is 6.07 Å². The number of aromatic hydroxyl groups is 1. The third-order valence-electron chi connectivity index (χ3n) is 23.5. The maximum Gasteiger partial charge on any atom is 0.246 e. The molecule has 15 atom stereocenters. The first-order valence-electron chi connectivity index (χ1n) is 44.1. The van der Waals surface area contributed by atoms with Crippen molar-refractivity contribution in [2.45, 2.75) is 208 Å². The van der Waals surface area contributed by atoms with E-state index in [4.69, 9.17) is 22.6 Å². The first-order valence-corrected chi connectivity index (χ1v) is 46.1. The molecule has 9 rings (SSSR count). The predicted octanol–water partition coefficient (Wildman–Crippen LogP) is -4.39. The van der Waals surface area contributed by atoms with Gasteiger partial charge in [0, 0.05) is 112 Å². The maximum absolute atomic E-state index is 15.6. The summed E-state index contributed by atoms with van der Waals surface area (Å²) in [5, 5.41) is 83.4. The van der Waals surface area contributed by atoms with Gasteiger partial charge in [-0.15, -0.1) is 23.1 Å². The lowest BCUT2D eigenvalue weighted by Gasteiger charge is -2.36. The zero-order valence-corrected chi connectivity index (χ0v) is 77.1. The summed E-state index contributed by atoms with van der Waals surface area (Å²) in [5.74, 6) is -19.0. The van der Waals surface area contributed by atoms with Crippen LogP contribution in [0.15, 0.2) is 96.9 Å². The molecular formula is C88H121N23O21S2. The fraction of sp³-hybridized carbons (Fsp3) is 0.511. The minimum Gasteiger partial charge on any atom is -0.508 e. The van der Waals surface area contributed by atoms with Crippen molar-refractivity contribution in [3.63, 3.8) is 0 Å². The number of carbonyl (C=O) groups is 17. The molecule has 6 aromatic rings. The minimum atomic E-state index is -1.91. The lowest BCUT2D eigenvalue weighted by atomic mass is 10.0. The van der Waals surface area contributed by atoms with E-state index in [9.17, 15) is 68.4 Å². The highest BCUT2D eigenvalue weighted by atomic mass is 32.2. The number of aromatic amines is 2. The van der Waals surface area contributed by atoms with E-state index in [0.717, 1.165) is 48.0 Å². The van der Waals surface area contributed by atoms with E-state index < -0.39 is 248 Å². The fourth-order valence-corrected chi connectivity index (χ4v) is 18.0. The van der Waals surface area contributed by atoms with Gasteiger partial charge in [0.1, 0.15) is 90.3 Å². The Kier molecular flexibility index (Phi) is 38.5. The van der Waals surface area contributed by atoms with Gasteiger partial charge in [-0.05, 0) is 103 Å². The van der Waals surface area contributed by atoms with Gasteiger partial charge in [0.25, 0.3) is 0 Å². The average Bonchev–Trinajstić information content (AvgIpc) is 1.63. The molecule has 3 aromatic heterocycles. The van der Waals surface area contributed by atoms with Crippen LogP contribution in [0.4, 0.5) is 0 Å². The molecule has 3 aliphatic heterocycles. The molecule has 46 heteroatoms. The summed E-state index contributed by atoms with van der Waals surface area (Å²) in [6.07, 6.45) is 0.809. The van der Waals surface area contributed by atoms with Gasteiger partial charge in [0.05, 0.1) is 44.4 Å². The molecule has 0 spiro atoms. The number of nitrogens with zero attached hydrogens (tertiary/aromatic N) is 6. The SMILES string of the molecule is CCCC[C@H]1C(=O)N(C)[C@@H](CO)C(=O)N[C@@H](CCCNC(=N)N)C(=O)NC(C(=O)NCC(N)=O)CSCC(=O)N[C@@H](Cc2ccc(O)cc2)C(=O)N(C)[C@@H](C)C(=O)N[C@@H](CC(N)=O)C(=O)N2CCC[C@H]2C(=O)N[C@@H](Cc2cnc[nH]2)C(=O)N[C@@H](CC(C)C)C(=O)N2C[C@H](O)C[C@H]2C(=O)N[C@@H](Cc2c[nH]c3ccccc23)C(=O)N[C@@H](CO)C(=O)N[C@@H](Cc2csc3ccccc23)C(=O)N1C. The molecule has 17 amide bonds. The van der Waals surface area contributed by atoms with Crippen molar-refractivity contribution < 1.29 is 102 Å². The molecule has 6 heterocycles. The molecule has 3 saturated heterocycles. The highest BCUT2D eigenvalue weighted by molar-refractivity contribution is 8.00. The van der Waals surface area contributed by atoms with E-state index in [1.165, 1.54) is 69.1 Å². The van der Waals surface area contributed by atoms with E-state index in [-0.39, 0.29) is 95.4 Å². The number of hydrogen-bond donors (Lipinski definition) is 21. The number of phenols is 1. The first-order chi connectivity index (χ1) is 63.8. The van der Waals surface area contributed by atoms with E-state index in [2.05, 4.69) is 73.4 Å². The zero-order chi connectivity index (χ0) is 97.9. The van der Waals surface area contributed by atoms with Crippen LogP contribution in [-0.4, -0.2) is 329 Å². The molecule has 1 unspecified atom stereocenters. The van der Waals surface area contributed by atoms with Gasteiger partial charge in [0.15, 0.2) is 5.96 Å². The summed E-state index contributed by atoms with van der Waals surface area (Å²) in [7, 11) is 3.63. The van der Waals surface area contributed by atoms with Crippen molar-refractivity contribution in [1.29, 1.82) is 5.41 Å². The number of amides is 17. The van der Waals surface area contributed by atoms with Crippen LogP contribution in [0.5, 0.6) is 5.75 Å². The molecule has 0 radical (unpaired) electrons. The van der Waals surface area contributed by atoms with E-state index >= 15 is 33.6 Å². The fourth-order valence-electron chi connectivity index (χ4n) is 16.2. The Balaban J connectivity index is 1.09. The third kappa shape index (κ3) is 28.6. The summed E-state index contributed by atoms with van der Waals surface area (Å²) in [6.45, 7) is 2.88. The number of phenolic OH excluding ortho intramolecular Hbond substituents is 1. The number of guanidine groups is 1. The highest BCUT2D eigenvalue weighted by Crippen LogP contribution is 2.30. The number of nitrogens with two attached hydrogens (primary N) is 3. The largest absolute Gasteiger partial charge is 0.508 e. The van der Waals surface area contributed by atoms with Gasteiger partial charge in [-0.1, -0.05) is 82.1 Å². The smallest absolute Gasteiger partial charge is 0.246 e. The van der Waals surface area contributed by atoms with Crippen LogP contribution in [0.1, 0.15) is 114 Å². The lowest BCUT2D eigenvalue weighted by molar-refractivity contribution is -0.150. The number of primary amides is 2. The molecule has 0 aliphatic carbocycles. The third-order valence-corrected chi connectivity index (χ3v) is 25.6. The van der Waals surface area contributed by atoms with Crippen molar-refractivity contribution in [1.82, 2.24) is 97.9 Å². The molecule has 3 aliphatic rings. The van der Waals surface area contributed by atoms with Gasteiger partial charge in [-0.2, -0.15) is 0 Å². The van der Waals surface area contributed by atoms with Gasteiger partial charge in [-0.3, -0.25) is 86.9 Å². The van der Waals surface area contributed by atoms with Crippen molar-refractivity contribution >= 4 is 150 Å². The van der Waals surface area contributed by atoms with Gasteiger partial charge in [0.2, 0.25) is 100 Å². The van der Waals surface area contributed by atoms with Crippen LogP contribution < -0.4 is 75.7 Å². The van der Waals surface area contributed by atoms with E-state index in [1.54, 1.807) is 74.8 Å². The number of fused-ring (bicyclic) bond motifs is 4. The summed E-state index contributed by atoms with van der Waals surface area (Å²) in [6, 6.07) is -3.12. The zero-order valence-electron chi connectivity index (χ0n) is 75.5. The number of benzene rings is 3. The molecular weight excluding hydrogens is 1780 g/mol. The number of H-pyrrole nitrogens is 2. The van der Waals surface area contributed by atoms with Crippen LogP contribution in [0.25, 0.3) is 21.0 Å². The summed E-state index contributed by atoms with van der Waals surface area (Å²) >= 11 is 2.04. The highest BCUT2D eigenvalue weighted by Gasteiger charge is 2.47. The van der Waals surface area contributed by atoms with Crippen LogP contribution in [0.2, 0.25) is 0 Å². The Hall–Kier alpha value is -13.3. The minimum absolute atomic E-state index is 0.0250. The number of aliphatic hydroxyl groups is 3. The molecule has 0 bridgehead atoms. The molecule has 3 fully saturated rings. The number of imidazole rings is 1. The van der Waals surface area contributed by atoms with Crippen molar-refractivity contribution in [3.05, 3.63) is 119 Å². The second-order valence-electron chi connectivity index (χ2n) is 33.9. The molecule has 44 nitrogen and oxygen atoms in total. The molecule has 0 saturated carbocycles. The Morgan fingerprint density at radius 1 is 0.582 bits per heavy atom. The Labute approximate surface area is 780 Å². The number of hydrogen-bond acceptors (Lipinski definition) is 25. The number of likely N-dealkylation sites (N-methyl/N-ethyl adjacent to an activating group) is 3. The number of nitrogens with one attached hydrogen (secondary N) is 14. The van der Waals surface area contributed by atoms with Crippen molar-refractivity contribution in [2.75, 3.05) is 72.0 Å². The van der Waals surface area contributed by atoms with Crippen molar-refractivity contribution in [2.24, 2.45) is 23.1 Å². The number of rotatable bonds is 24. The second-order valence-corrected chi connectivity index (χ2v) is 35.9. The van der Waals surface area contributed by atoms with E-state index in [0.29, 0.717) is 45.1 Å². The Bertz CT molecular complexity index is 5210. The number of thioether (sulfide) groups is 1. The lowest BCUT2D eigenvalue weighted by Crippen LogP contribution is -2.62. The number of aliphatic hydroxyl groups excluding tert-OH is 3. The van der Waals surface area contributed by atoms with Crippen LogP contribution in [0.3, 0.4) is 0 Å². The second kappa shape index (κ2) is 49.4. The molecule has 3 aromatic carbocycles. The van der Waals surface area contributed by atoms with Crippen LogP contribution >= 0.6 is 23.1 Å². The van der Waals surface area contributed by atoms with Crippen molar-refractivity contribution in [3.8, 4) is 5.75 Å². The number of aromatic nitrogens is 3. The number of unbranched alkanes of at least 4 members (excludes halogenated alkanes) is 1. The average molecular weight is 1900 g/mol. The quantitative estimate of drug-likeness (QED) is 0.0155. The standard InChI is InChI=1S/C88H121N23O21S2/c1-8-9-20-67-87(132)109(7)69(41-113)82(127)99-57(19-14-27-94-88(91)92)76(121)106-65(75(120)96-38-72(90)117)43-133-44-73(118)98-61(30-48-23-25-52(114)26-24-48)83(128)107(5)47(4)74(119)102-63(35-71(89)116)85(130)110-28-15-21-66(110)80(125)101-59(33-51-37-93-45-97-51)78(123)103-60(29-46(2)3)86(131)111-39-53(115)34-68(111)81(126)100-58(31-49-36-95-56-18-12-10-16-54(49)56)77(122)105-64(40-112)79(124)104-62(84(129)108(67)6)32-50-42-134-70-22-13-11-17-55(50)70/h10-13,16-18,22-26,36-37,42,45-47,53,57-69,95,112-115H,8-9,14-15,19-21,27-35,38-41,43-44H2,1-7H3,(H2,89,116)(H2,90,117)(H,93,97)(H,96,120)(H,98,118)(H,99,127)(H,100,126)(H,101,125)(H,102,119)(H,103,123)(H,104,124)(H,105,122)(H,106,121)(H4,91,92,94)/t47-,53+,57-,58-,59-,60-,61-,62-,63-,64-,65?,66-,67-,68-,69-/m0/s1. The Morgan fingerprint density at radius 3 is 1.84 bits per heavy atom. The summed E-state index contributed by atoms with van der Waals surface area (Å²) < 4.78 is 0.785. The molecule has 134 heavy (non-hydrogen) atoms. The Morgan fingerprint density at radius 2 is 1.18 bits per heavy atom. The number of thiophene rings is 1. The monoisotopic (exact) mass is 1900 g/mol. The van der Waals surface area contributed by atoms with Crippen LogP contribution in [0, 0.1) is 11.3 Å². The maximum atomic E-state index is 15.6.